The number of aryl methyl sites for hydroxylation is 1. The van der Waals surface area contributed by atoms with Gasteiger partial charge in [-0.15, -0.1) is 22.7 Å². The molecule has 1 saturated carbocycles. The predicted octanol–water partition coefficient (Wildman–Crippen LogP) is 7.11. The quantitative estimate of drug-likeness (QED) is 0.224. The van der Waals surface area contributed by atoms with E-state index in [0.29, 0.717) is 5.15 Å². The third kappa shape index (κ3) is 3.65. The molecule has 4 aromatic heterocycles. The minimum Gasteiger partial charge on any atom is -0.223 e. The van der Waals surface area contributed by atoms with E-state index in [4.69, 9.17) is 34.8 Å². The monoisotopic (exact) mass is 492 g/mol. The van der Waals surface area contributed by atoms with E-state index in [9.17, 15) is 0 Å². The normalized spacial score (nSPS) is 23.3. The van der Waals surface area contributed by atoms with E-state index in [2.05, 4.69) is 55.0 Å². The fourth-order valence-electron chi connectivity index (χ4n) is 4.46. The third-order valence-electron chi connectivity index (χ3n) is 5.51. The Hall–Kier alpha value is -1.57. The van der Waals surface area contributed by atoms with Crippen molar-refractivity contribution in [3.8, 4) is 0 Å². The predicted molar refractivity (Wildman–Crippen MR) is 123 cm³/mol. The average molecular weight is 494 g/mol. The molecule has 9 heteroatoms. The Morgan fingerprint density at radius 3 is 1.70 bits per heavy atom. The highest BCUT2D eigenvalue weighted by molar-refractivity contribution is 7.10. The Kier molecular flexibility index (Phi) is 5.54. The van der Waals surface area contributed by atoms with Crippen LogP contribution in [0, 0.1) is 6.92 Å². The number of rotatable bonds is 4. The van der Waals surface area contributed by atoms with Gasteiger partial charge in [-0.1, -0.05) is 23.7 Å². The van der Waals surface area contributed by atoms with Crippen LogP contribution in [0.3, 0.4) is 0 Å². The highest BCUT2D eigenvalue weighted by Gasteiger charge is 2.55. The summed E-state index contributed by atoms with van der Waals surface area (Å²) in [5.41, 5.74) is 2.57. The SMILES string of the molecule is Cc1cc([C@@H]2[C@H](c3cc(Cl)nc(Cl)n3)[C@@H](c3cccs3)[C@H]2c2cccs2)nc(Cl)n1. The lowest BCUT2D eigenvalue weighted by Crippen LogP contribution is -2.40. The maximum absolute atomic E-state index is 6.25. The molecule has 0 aromatic carbocycles. The topological polar surface area (TPSA) is 51.6 Å². The van der Waals surface area contributed by atoms with Gasteiger partial charge >= 0.3 is 0 Å². The Morgan fingerprint density at radius 2 is 1.23 bits per heavy atom. The maximum Gasteiger partial charge on any atom is 0.224 e. The van der Waals surface area contributed by atoms with Crippen LogP contribution in [0.2, 0.25) is 15.7 Å². The maximum atomic E-state index is 6.25. The molecule has 4 nitrogen and oxygen atoms in total. The second-order valence-electron chi connectivity index (χ2n) is 7.22. The molecular formula is C21H15Cl3N4S2. The number of hydrogen-bond acceptors (Lipinski definition) is 6. The van der Waals surface area contributed by atoms with Crippen LogP contribution in [0.5, 0.6) is 0 Å². The van der Waals surface area contributed by atoms with E-state index in [1.165, 1.54) is 9.75 Å². The van der Waals surface area contributed by atoms with Crippen molar-refractivity contribution < 1.29 is 0 Å². The minimum absolute atomic E-state index is 0.0408. The number of thiophene rings is 2. The van der Waals surface area contributed by atoms with Crippen LogP contribution in [-0.4, -0.2) is 19.9 Å². The molecule has 4 aromatic rings. The van der Waals surface area contributed by atoms with Crippen LogP contribution >= 0.6 is 57.5 Å². The molecule has 0 saturated heterocycles. The van der Waals surface area contributed by atoms with Crippen LogP contribution in [-0.2, 0) is 0 Å². The van der Waals surface area contributed by atoms with Crippen LogP contribution in [0.4, 0.5) is 0 Å². The standard InChI is InChI=1S/C21H15Cl3N4S2/c1-10-8-11(26-20(23)25-10)16-17(12-9-15(22)28-21(24)27-12)19(14-5-3-7-30-14)18(16)13-4-2-6-29-13/h2-9,16-19H,1H3/t16-,17+,18+,19-/m1/s1. The Balaban J connectivity index is 1.70. The molecule has 0 spiro atoms. The lowest BCUT2D eigenvalue weighted by atomic mass is 9.53. The molecule has 4 heterocycles. The molecular weight excluding hydrogens is 479 g/mol. The molecule has 1 aliphatic rings. The van der Waals surface area contributed by atoms with Crippen molar-refractivity contribution in [2.45, 2.75) is 30.6 Å². The van der Waals surface area contributed by atoms with Crippen molar-refractivity contribution in [2.75, 3.05) is 0 Å². The summed E-state index contributed by atoms with van der Waals surface area (Å²) < 4.78 is 0. The van der Waals surface area contributed by atoms with Gasteiger partial charge in [0.05, 0.1) is 11.4 Å². The first-order chi connectivity index (χ1) is 14.5. The summed E-state index contributed by atoms with van der Waals surface area (Å²) in [5.74, 6) is 0.576. The van der Waals surface area contributed by atoms with Gasteiger partial charge in [0.1, 0.15) is 5.15 Å². The smallest absolute Gasteiger partial charge is 0.223 e. The van der Waals surface area contributed by atoms with Gasteiger partial charge in [0.2, 0.25) is 10.6 Å². The molecule has 5 rings (SSSR count). The molecule has 0 radical (unpaired) electrons. The number of hydrogen-bond donors (Lipinski definition) is 0. The molecule has 0 amide bonds. The molecule has 1 aliphatic carbocycles. The lowest BCUT2D eigenvalue weighted by Gasteiger charge is -2.51. The zero-order chi connectivity index (χ0) is 20.8. The molecule has 30 heavy (non-hydrogen) atoms. The number of aromatic nitrogens is 4. The molecule has 1 fully saturated rings. The van der Waals surface area contributed by atoms with Crippen LogP contribution < -0.4 is 0 Å². The van der Waals surface area contributed by atoms with Crippen molar-refractivity contribution >= 4 is 57.5 Å². The number of nitrogens with zero attached hydrogens (tertiary/aromatic N) is 4. The fraction of sp³-hybridized carbons (Fsp3) is 0.238. The highest BCUT2D eigenvalue weighted by atomic mass is 35.5. The van der Waals surface area contributed by atoms with Crippen molar-refractivity contribution in [2.24, 2.45) is 0 Å². The van der Waals surface area contributed by atoms with E-state index in [-0.39, 0.29) is 34.2 Å². The van der Waals surface area contributed by atoms with Crippen LogP contribution in [0.1, 0.15) is 50.5 Å². The molecule has 0 unspecified atom stereocenters. The molecule has 0 aliphatic heterocycles. The van der Waals surface area contributed by atoms with E-state index in [0.717, 1.165) is 17.1 Å². The molecule has 4 atom stereocenters. The Bertz CT molecular complexity index is 1050. The van der Waals surface area contributed by atoms with E-state index in [1.54, 1.807) is 22.7 Å². The summed E-state index contributed by atoms with van der Waals surface area (Å²) in [6.07, 6.45) is 0. The lowest BCUT2D eigenvalue weighted by molar-refractivity contribution is 0.226. The van der Waals surface area contributed by atoms with Gasteiger partial charge in [0, 0.05) is 39.1 Å². The summed E-state index contributed by atoms with van der Waals surface area (Å²) in [6, 6.07) is 12.4. The molecule has 152 valence electrons. The molecule has 0 N–H and O–H groups in total. The first-order valence-electron chi connectivity index (χ1n) is 9.29. The zero-order valence-electron chi connectivity index (χ0n) is 15.7. The second kappa shape index (κ2) is 8.17. The van der Waals surface area contributed by atoms with Crippen LogP contribution in [0.25, 0.3) is 0 Å². The van der Waals surface area contributed by atoms with E-state index < -0.39 is 0 Å². The van der Waals surface area contributed by atoms with E-state index >= 15 is 0 Å². The number of halogens is 3. The van der Waals surface area contributed by atoms with Crippen molar-refractivity contribution in [1.82, 2.24) is 19.9 Å². The van der Waals surface area contributed by atoms with Crippen LogP contribution in [0.15, 0.2) is 47.2 Å². The Labute approximate surface area is 196 Å². The summed E-state index contributed by atoms with van der Waals surface area (Å²) in [6.45, 7) is 1.93. The zero-order valence-corrected chi connectivity index (χ0v) is 19.6. The van der Waals surface area contributed by atoms with E-state index in [1.807, 2.05) is 19.1 Å². The summed E-state index contributed by atoms with van der Waals surface area (Å²) in [4.78, 5) is 20.1. The van der Waals surface area contributed by atoms with Gasteiger partial charge < -0.3 is 0 Å². The van der Waals surface area contributed by atoms with Gasteiger partial charge in [-0.25, -0.2) is 19.9 Å². The largest absolute Gasteiger partial charge is 0.224 e. The first-order valence-corrected chi connectivity index (χ1v) is 12.2. The third-order valence-corrected chi connectivity index (χ3v) is 7.99. The van der Waals surface area contributed by atoms with Crippen molar-refractivity contribution in [3.63, 3.8) is 0 Å². The minimum atomic E-state index is 0.0408. The van der Waals surface area contributed by atoms with Crippen molar-refractivity contribution in [1.29, 1.82) is 0 Å². The van der Waals surface area contributed by atoms with Gasteiger partial charge in [-0.3, -0.25) is 0 Å². The first kappa shape index (κ1) is 20.3. The van der Waals surface area contributed by atoms with Gasteiger partial charge in [-0.05, 0) is 65.2 Å². The van der Waals surface area contributed by atoms with Crippen molar-refractivity contribution in [3.05, 3.63) is 89.7 Å². The Morgan fingerprint density at radius 1 is 0.700 bits per heavy atom. The summed E-state index contributed by atoms with van der Waals surface area (Å²) >= 11 is 22.2. The summed E-state index contributed by atoms with van der Waals surface area (Å²) in [7, 11) is 0. The summed E-state index contributed by atoms with van der Waals surface area (Å²) in [5, 5.41) is 4.97. The highest BCUT2D eigenvalue weighted by Crippen LogP contribution is 2.67. The molecule has 0 bridgehead atoms. The fourth-order valence-corrected chi connectivity index (χ4v) is 6.96. The average Bonchev–Trinajstić information content (AvgIpc) is 3.33. The van der Waals surface area contributed by atoms with Gasteiger partial charge in [-0.2, -0.15) is 0 Å². The second-order valence-corrected chi connectivity index (χ2v) is 10.2. The van der Waals surface area contributed by atoms with Gasteiger partial charge in [0.15, 0.2) is 0 Å². The van der Waals surface area contributed by atoms with Gasteiger partial charge in [0.25, 0.3) is 0 Å².